The highest BCUT2D eigenvalue weighted by Gasteiger charge is 2.59. The number of hydrogen-bond donors (Lipinski definition) is 15. The summed E-state index contributed by atoms with van der Waals surface area (Å²) in [5.74, 6) is 0. The molecule has 22 saturated heterocycles. The van der Waals surface area contributed by atoms with Crippen molar-refractivity contribution in [2.45, 2.75) is 224 Å². The standard InChI is InChI=1S/C44H76O30Si/c1-6-60-35-26(57)41-65-18(12-49)33(35)72-43-28(59)37(74-75-44(3,4)5)34(19(13-50)67-43)73-42-27(58)36(61-7-2)32(17(11-48)66-42)71-40-25(56)22(53)30(15(9-46)64-40)69-38-23(54)20(51)29(14(8-45)62-38)68-39-24(55)21(52)31(70-41)16(10-47)63-39/h14-43,45-59H,6-13H2,1-5H3/t14-,15-,16-,17-,18-,19-,20-,21-,22-,23-,24-,25-,26-,27-,28-,29-,30-,31-,32+,33+,34+,35-,36-,37-,38-,39-,40-,41-,42-,43-/m1/s1. The third-order valence-corrected chi connectivity index (χ3v) is 14.8. The van der Waals surface area contributed by atoms with Gasteiger partial charge in [-0.25, -0.2) is 0 Å². The van der Waals surface area contributed by atoms with Crippen LogP contribution in [0, 0.1) is 0 Å². The second-order valence-electron chi connectivity index (χ2n) is 20.1. The van der Waals surface area contributed by atoms with Gasteiger partial charge in [0, 0.05) is 13.2 Å². The molecule has 0 spiro atoms. The van der Waals surface area contributed by atoms with Crippen LogP contribution in [0.3, 0.4) is 0 Å². The first-order valence-corrected chi connectivity index (χ1v) is 25.9. The van der Waals surface area contributed by atoms with Crippen LogP contribution >= 0.6 is 0 Å². The summed E-state index contributed by atoms with van der Waals surface area (Å²) in [5, 5.41) is 168. The maximum atomic E-state index is 12.1. The lowest BCUT2D eigenvalue weighted by Crippen LogP contribution is -2.69. The molecular weight excluding hydrogens is 1040 g/mol. The summed E-state index contributed by atoms with van der Waals surface area (Å²) in [4.78, 5) is 0. The monoisotopic (exact) mass is 1110 g/mol. The van der Waals surface area contributed by atoms with E-state index in [1.165, 1.54) is 0 Å². The van der Waals surface area contributed by atoms with Crippen molar-refractivity contribution < 1.29 is 147 Å². The summed E-state index contributed by atoms with van der Waals surface area (Å²) in [6.45, 7) is 3.01. The average molecular weight is 1110 g/mol. The minimum Gasteiger partial charge on any atom is -0.408 e. The highest BCUT2D eigenvalue weighted by atomic mass is 28.2. The van der Waals surface area contributed by atoms with E-state index in [2.05, 4.69) is 0 Å². The van der Waals surface area contributed by atoms with E-state index in [0.29, 0.717) is 0 Å². The quantitative estimate of drug-likeness (QED) is 0.0807. The number of aliphatic hydroxyl groups is 15. The van der Waals surface area contributed by atoms with Gasteiger partial charge >= 0.3 is 0 Å². The molecule has 436 valence electrons. The maximum absolute atomic E-state index is 12.1. The molecule has 0 aromatic carbocycles. The van der Waals surface area contributed by atoms with E-state index in [1.54, 1.807) is 13.8 Å². The Labute approximate surface area is 433 Å². The highest BCUT2D eigenvalue weighted by Crippen LogP contribution is 2.40. The second-order valence-corrected chi connectivity index (χ2v) is 22.1. The Balaban J connectivity index is 1.26. The first-order chi connectivity index (χ1) is 35.7. The van der Waals surface area contributed by atoms with E-state index in [9.17, 15) is 76.6 Å². The fraction of sp³-hybridized carbons (Fsp3) is 1.00. The van der Waals surface area contributed by atoms with Gasteiger partial charge in [0.15, 0.2) is 37.7 Å². The summed E-state index contributed by atoms with van der Waals surface area (Å²) in [5.41, 5.74) is 0. The van der Waals surface area contributed by atoms with Crippen molar-refractivity contribution in [1.82, 2.24) is 0 Å². The lowest BCUT2D eigenvalue weighted by Gasteiger charge is -2.51. The van der Waals surface area contributed by atoms with Gasteiger partial charge in [-0.15, -0.1) is 0 Å². The molecule has 30 nitrogen and oxygen atoms in total. The predicted molar refractivity (Wildman–Crippen MR) is 239 cm³/mol. The van der Waals surface area contributed by atoms with Crippen LogP contribution in [0.4, 0.5) is 0 Å². The molecule has 22 fully saturated rings. The molecule has 22 aliphatic rings. The molecule has 15 N–H and O–H groups in total. The Bertz CT molecular complexity index is 1710. The highest BCUT2D eigenvalue weighted by molar-refractivity contribution is 6.31. The van der Waals surface area contributed by atoms with Crippen LogP contribution < -0.4 is 0 Å². The van der Waals surface area contributed by atoms with Gasteiger partial charge in [0.1, 0.15) is 146 Å². The SMILES string of the molecule is CCO[C@@H]1[C@@H](O)[C@H]2O[C@@H]3[C@H](O[Si]C(C)(C)C)[C@@H](O)[C@@H](O[C@@H]4[C@H](OCC)[C@@H](O)[C@@H](O[C@H]5[C@H](O)[C@@H](O)[C@@H](O[C@H]6[C@H](O)[C@@H](O)[C@@H](O[C@H]7[C@H](O)[C@@H](O)[C@@H](O[C@H]1[C@@H](CO)O2)O[C@@H]7CO)O[C@@H]6CO)O[C@@H]5CO)O[C@@H]4CO)O[C@@H]3CO. The molecule has 75 heavy (non-hydrogen) atoms. The van der Waals surface area contributed by atoms with Crippen molar-refractivity contribution in [3.63, 3.8) is 0 Å². The zero-order chi connectivity index (χ0) is 54.8. The average Bonchev–Trinajstić information content (AvgIpc) is 3.38. The van der Waals surface area contributed by atoms with Crippen LogP contribution in [-0.2, 0) is 70.7 Å². The zero-order valence-corrected chi connectivity index (χ0v) is 42.8. The van der Waals surface area contributed by atoms with Crippen molar-refractivity contribution in [1.29, 1.82) is 0 Å². The largest absolute Gasteiger partial charge is 0.408 e. The molecule has 0 aliphatic carbocycles. The third kappa shape index (κ3) is 13.2. The first-order valence-electron chi connectivity index (χ1n) is 25.0. The van der Waals surface area contributed by atoms with E-state index >= 15 is 0 Å². The number of rotatable bonds is 12. The maximum Gasteiger partial charge on any atom is 0.236 e. The van der Waals surface area contributed by atoms with Gasteiger partial charge in [-0.2, -0.15) is 0 Å². The molecule has 31 heteroatoms. The number of ether oxygens (including phenoxy) is 14. The first kappa shape index (κ1) is 61.6. The summed E-state index contributed by atoms with van der Waals surface area (Å²) in [6.07, 6.45) is -53.0. The van der Waals surface area contributed by atoms with Crippen molar-refractivity contribution in [3.05, 3.63) is 0 Å². The van der Waals surface area contributed by atoms with Gasteiger partial charge in [0.2, 0.25) is 9.76 Å². The van der Waals surface area contributed by atoms with Gasteiger partial charge in [0.05, 0.1) is 39.6 Å². The molecule has 22 aliphatic heterocycles. The minimum atomic E-state index is -2.12. The van der Waals surface area contributed by atoms with Crippen LogP contribution in [-0.4, -0.2) is 323 Å². The Morgan fingerprint density at radius 1 is 0.320 bits per heavy atom. The molecule has 0 amide bonds. The van der Waals surface area contributed by atoms with Crippen LogP contribution in [0.1, 0.15) is 34.6 Å². The van der Waals surface area contributed by atoms with Crippen LogP contribution in [0.15, 0.2) is 0 Å². The van der Waals surface area contributed by atoms with E-state index in [4.69, 9.17) is 70.7 Å². The van der Waals surface area contributed by atoms with E-state index in [-0.39, 0.29) is 23.0 Å². The Morgan fingerprint density at radius 3 is 0.800 bits per heavy atom. The molecule has 2 radical (unpaired) electrons. The summed E-state index contributed by atoms with van der Waals surface area (Å²) in [7, 11) is -0.372. The molecule has 0 saturated carbocycles. The molecule has 0 unspecified atom stereocenters. The minimum absolute atomic E-state index is 0.0966. The van der Waals surface area contributed by atoms with E-state index in [0.717, 1.165) is 0 Å². The summed E-state index contributed by atoms with van der Waals surface area (Å²) in [6, 6.07) is 0. The molecule has 30 atom stereocenters. The van der Waals surface area contributed by atoms with Gasteiger partial charge in [-0.1, -0.05) is 20.8 Å². The molecular formula is C44H76O30Si. The summed E-state index contributed by atoms with van der Waals surface area (Å²) < 4.78 is 89.9. The van der Waals surface area contributed by atoms with Crippen molar-refractivity contribution in [3.8, 4) is 0 Å². The second kappa shape index (κ2) is 26.7. The van der Waals surface area contributed by atoms with Gasteiger partial charge in [-0.3, -0.25) is 0 Å². The Kier molecular flexibility index (Phi) is 22.0. The van der Waals surface area contributed by atoms with Crippen LogP contribution in [0.5, 0.6) is 0 Å². The lowest BCUT2D eigenvalue weighted by atomic mass is 9.94. The fourth-order valence-electron chi connectivity index (χ4n) is 10.0. The topological polar surface area (TPSA) is 442 Å². The Morgan fingerprint density at radius 2 is 0.547 bits per heavy atom. The van der Waals surface area contributed by atoms with Crippen molar-refractivity contribution in [2.24, 2.45) is 0 Å². The molecule has 22 rings (SSSR count). The van der Waals surface area contributed by atoms with Gasteiger partial charge in [0.25, 0.3) is 0 Å². The predicted octanol–water partition coefficient (Wildman–Crippen LogP) is -9.10. The smallest absolute Gasteiger partial charge is 0.236 e. The van der Waals surface area contributed by atoms with Gasteiger partial charge in [-0.05, 0) is 18.9 Å². The third-order valence-electron chi connectivity index (χ3n) is 13.8. The molecule has 22 heterocycles. The molecule has 12 bridgehead atoms. The zero-order valence-electron chi connectivity index (χ0n) is 41.8. The summed E-state index contributed by atoms with van der Waals surface area (Å²) >= 11 is 0. The van der Waals surface area contributed by atoms with Crippen molar-refractivity contribution >= 4 is 9.76 Å². The van der Waals surface area contributed by atoms with E-state index in [1.807, 2.05) is 20.8 Å². The number of hydrogen-bond acceptors (Lipinski definition) is 30. The van der Waals surface area contributed by atoms with Crippen LogP contribution in [0.2, 0.25) is 5.04 Å². The molecule has 0 aromatic heterocycles. The normalized spacial score (nSPS) is 50.4. The van der Waals surface area contributed by atoms with Crippen LogP contribution in [0.25, 0.3) is 0 Å². The Hall–Kier alpha value is -0.983. The van der Waals surface area contributed by atoms with Gasteiger partial charge < -0.3 is 147 Å². The lowest BCUT2D eigenvalue weighted by molar-refractivity contribution is -0.405. The van der Waals surface area contributed by atoms with Crippen molar-refractivity contribution in [2.75, 3.05) is 52.9 Å². The number of aliphatic hydroxyl groups excluding tert-OH is 15. The molecule has 0 aromatic rings. The van der Waals surface area contributed by atoms with E-state index < -0.39 is 229 Å². The fourth-order valence-corrected chi connectivity index (χ4v) is 10.8.